The van der Waals surface area contributed by atoms with Gasteiger partial charge in [-0.25, -0.2) is 0 Å². The van der Waals surface area contributed by atoms with Crippen molar-refractivity contribution in [2.24, 2.45) is 0 Å². The molecule has 0 amide bonds. The van der Waals surface area contributed by atoms with E-state index in [1.54, 1.807) is 0 Å². The Balaban J connectivity index is 4.00. The molecule has 0 fully saturated rings. The van der Waals surface area contributed by atoms with Gasteiger partial charge in [-0.05, 0) is 34.6 Å². The Kier molecular flexibility index (Phi) is 4.43. The first-order valence-electron chi connectivity index (χ1n) is 4.35. The molecule has 0 bridgehead atoms. The smallest absolute Gasteiger partial charge is 0.0192 e. The van der Waals surface area contributed by atoms with Crippen LogP contribution < -0.4 is 0 Å². The molecule has 0 aliphatic carbocycles. The molecule has 0 saturated heterocycles. The fourth-order valence-corrected chi connectivity index (χ4v) is 1.27. The molecule has 0 radical (unpaired) electrons. The highest BCUT2D eigenvalue weighted by Gasteiger charge is 2.11. The first kappa shape index (κ1) is 10.7. The molecular weight excluding hydrogens is 134 g/mol. The first-order chi connectivity index (χ1) is 4.95. The average Bonchev–Trinajstić information content (AvgIpc) is 1.81. The highest BCUT2D eigenvalue weighted by Crippen LogP contribution is 2.06. The molecule has 0 saturated carbocycles. The van der Waals surface area contributed by atoms with Crippen LogP contribution in [0.5, 0.6) is 0 Å². The molecular formula is C10H21N. The van der Waals surface area contributed by atoms with E-state index >= 15 is 0 Å². The second-order valence-corrected chi connectivity index (χ2v) is 3.82. The van der Waals surface area contributed by atoms with Crippen LogP contribution in [0.4, 0.5) is 0 Å². The summed E-state index contributed by atoms with van der Waals surface area (Å²) in [5, 5.41) is 0. The number of nitrogens with zero attached hydrogens (tertiary/aromatic N) is 1. The van der Waals surface area contributed by atoms with Crippen LogP contribution in [0.3, 0.4) is 0 Å². The van der Waals surface area contributed by atoms with Crippen molar-refractivity contribution < 1.29 is 0 Å². The normalized spacial score (nSPS) is 11.6. The van der Waals surface area contributed by atoms with Crippen LogP contribution in [0, 0.1) is 0 Å². The highest BCUT2D eigenvalue weighted by molar-refractivity contribution is 4.93. The van der Waals surface area contributed by atoms with Crippen LogP contribution in [-0.2, 0) is 0 Å². The summed E-state index contributed by atoms with van der Waals surface area (Å²) in [5.41, 5.74) is 1.24. The van der Waals surface area contributed by atoms with Crippen molar-refractivity contribution in [3.8, 4) is 0 Å². The molecule has 0 aromatic heterocycles. The van der Waals surface area contributed by atoms with Crippen molar-refractivity contribution in [1.82, 2.24) is 4.90 Å². The second kappa shape index (κ2) is 4.55. The molecule has 0 aliphatic heterocycles. The summed E-state index contributed by atoms with van der Waals surface area (Å²) < 4.78 is 0. The van der Waals surface area contributed by atoms with Crippen LogP contribution in [-0.4, -0.2) is 23.5 Å². The van der Waals surface area contributed by atoms with Gasteiger partial charge >= 0.3 is 0 Å². The maximum absolute atomic E-state index is 3.92. The maximum Gasteiger partial charge on any atom is 0.0192 e. The summed E-state index contributed by atoms with van der Waals surface area (Å²) in [6.45, 7) is 15.9. The number of rotatable bonds is 4. The summed E-state index contributed by atoms with van der Waals surface area (Å²) in [6, 6.07) is 1.23. The Bertz CT molecular complexity index is 117. The monoisotopic (exact) mass is 155 g/mol. The molecule has 0 unspecified atom stereocenters. The van der Waals surface area contributed by atoms with Gasteiger partial charge < -0.3 is 0 Å². The van der Waals surface area contributed by atoms with Crippen LogP contribution in [0.25, 0.3) is 0 Å². The zero-order valence-electron chi connectivity index (χ0n) is 8.52. The zero-order valence-corrected chi connectivity index (χ0v) is 8.52. The predicted octanol–water partition coefficient (Wildman–Crippen LogP) is 2.68. The lowest BCUT2D eigenvalue weighted by molar-refractivity contribution is 0.192. The topological polar surface area (TPSA) is 3.24 Å². The van der Waals surface area contributed by atoms with Gasteiger partial charge in [0.1, 0.15) is 0 Å². The lowest BCUT2D eigenvalue weighted by atomic mass is 10.2. The molecule has 0 aromatic carbocycles. The number of hydrogen-bond acceptors (Lipinski definition) is 1. The number of hydrogen-bond donors (Lipinski definition) is 0. The van der Waals surface area contributed by atoms with Crippen LogP contribution in [0.2, 0.25) is 0 Å². The van der Waals surface area contributed by atoms with Crippen LogP contribution >= 0.6 is 0 Å². The highest BCUT2D eigenvalue weighted by atomic mass is 15.2. The minimum absolute atomic E-state index is 0.617. The summed E-state index contributed by atoms with van der Waals surface area (Å²) in [6.07, 6.45) is 0. The lowest BCUT2D eigenvalue weighted by Crippen LogP contribution is -2.37. The van der Waals surface area contributed by atoms with Gasteiger partial charge in [0.05, 0.1) is 0 Å². The third kappa shape index (κ3) is 4.20. The van der Waals surface area contributed by atoms with E-state index in [0.29, 0.717) is 12.1 Å². The Hall–Kier alpha value is -0.300. The summed E-state index contributed by atoms with van der Waals surface area (Å²) in [4.78, 5) is 2.43. The van der Waals surface area contributed by atoms with E-state index < -0.39 is 0 Å². The van der Waals surface area contributed by atoms with Gasteiger partial charge in [0.15, 0.2) is 0 Å². The minimum Gasteiger partial charge on any atom is -0.295 e. The predicted molar refractivity (Wildman–Crippen MR) is 51.8 cm³/mol. The Morgan fingerprint density at radius 1 is 1.18 bits per heavy atom. The van der Waals surface area contributed by atoms with Gasteiger partial charge in [-0.2, -0.15) is 0 Å². The summed E-state index contributed by atoms with van der Waals surface area (Å²) >= 11 is 0. The van der Waals surface area contributed by atoms with E-state index in [0.717, 1.165) is 6.54 Å². The lowest BCUT2D eigenvalue weighted by Gasteiger charge is -2.30. The third-order valence-electron chi connectivity index (χ3n) is 1.78. The standard InChI is InChI=1S/C10H21N/c1-8(2)7-11(9(3)4)10(5)6/h9-10H,1,7H2,2-6H3. The first-order valence-corrected chi connectivity index (χ1v) is 4.35. The van der Waals surface area contributed by atoms with Gasteiger partial charge in [-0.15, -0.1) is 0 Å². The summed E-state index contributed by atoms with van der Waals surface area (Å²) in [5.74, 6) is 0. The van der Waals surface area contributed by atoms with Crippen molar-refractivity contribution in [2.75, 3.05) is 6.54 Å². The van der Waals surface area contributed by atoms with Crippen molar-refractivity contribution >= 4 is 0 Å². The van der Waals surface area contributed by atoms with Crippen LogP contribution in [0.1, 0.15) is 34.6 Å². The quantitative estimate of drug-likeness (QED) is 0.564. The molecule has 0 atom stereocenters. The van der Waals surface area contributed by atoms with Gasteiger partial charge in [-0.1, -0.05) is 12.2 Å². The van der Waals surface area contributed by atoms with Crippen molar-refractivity contribution in [1.29, 1.82) is 0 Å². The molecule has 0 aliphatic rings. The van der Waals surface area contributed by atoms with E-state index in [2.05, 4.69) is 46.1 Å². The van der Waals surface area contributed by atoms with E-state index in [9.17, 15) is 0 Å². The van der Waals surface area contributed by atoms with Gasteiger partial charge in [0.25, 0.3) is 0 Å². The van der Waals surface area contributed by atoms with E-state index in [1.165, 1.54) is 5.57 Å². The van der Waals surface area contributed by atoms with Crippen molar-refractivity contribution in [3.63, 3.8) is 0 Å². The Morgan fingerprint density at radius 2 is 1.55 bits per heavy atom. The molecule has 0 spiro atoms. The fourth-order valence-electron chi connectivity index (χ4n) is 1.27. The largest absolute Gasteiger partial charge is 0.295 e. The molecule has 0 heterocycles. The van der Waals surface area contributed by atoms with Gasteiger partial charge in [-0.3, -0.25) is 4.90 Å². The van der Waals surface area contributed by atoms with Gasteiger partial charge in [0.2, 0.25) is 0 Å². The van der Waals surface area contributed by atoms with Crippen molar-refractivity contribution in [3.05, 3.63) is 12.2 Å². The average molecular weight is 155 g/mol. The molecule has 0 rings (SSSR count). The van der Waals surface area contributed by atoms with E-state index in [4.69, 9.17) is 0 Å². The minimum atomic E-state index is 0.617. The fraction of sp³-hybridized carbons (Fsp3) is 0.800. The molecule has 1 heteroatoms. The van der Waals surface area contributed by atoms with Crippen LogP contribution in [0.15, 0.2) is 12.2 Å². The second-order valence-electron chi connectivity index (χ2n) is 3.82. The van der Waals surface area contributed by atoms with E-state index in [-0.39, 0.29) is 0 Å². The van der Waals surface area contributed by atoms with E-state index in [1.807, 2.05) is 0 Å². The Labute approximate surface area is 71.1 Å². The third-order valence-corrected chi connectivity index (χ3v) is 1.78. The Morgan fingerprint density at radius 3 is 1.64 bits per heavy atom. The van der Waals surface area contributed by atoms with Crippen molar-refractivity contribution in [2.45, 2.75) is 46.7 Å². The SMILES string of the molecule is C=C(C)CN(C(C)C)C(C)C. The van der Waals surface area contributed by atoms with Gasteiger partial charge in [0, 0.05) is 18.6 Å². The zero-order chi connectivity index (χ0) is 9.02. The molecule has 11 heavy (non-hydrogen) atoms. The summed E-state index contributed by atoms with van der Waals surface area (Å²) in [7, 11) is 0. The maximum atomic E-state index is 3.92. The molecule has 0 aromatic rings. The molecule has 1 nitrogen and oxygen atoms in total. The molecule has 66 valence electrons. The molecule has 0 N–H and O–H groups in total.